The summed E-state index contributed by atoms with van der Waals surface area (Å²) in [6, 6.07) is 0. The van der Waals surface area contributed by atoms with Crippen LogP contribution >= 0.6 is 0 Å². The number of allylic oxidation sites excluding steroid dienone is 1. The van der Waals surface area contributed by atoms with Crippen LogP contribution in [-0.2, 0) is 5.60 Å². The van der Waals surface area contributed by atoms with E-state index < -0.39 is 5.60 Å². The number of ketones is 1. The Kier molecular flexibility index (Phi) is 2.24. The summed E-state index contributed by atoms with van der Waals surface area (Å²) in [5, 5.41) is 10.8. The topological polar surface area (TPSA) is 67.5 Å². The first-order valence-electron chi connectivity index (χ1n) is 6.35. The fraction of sp³-hybridized carbons (Fsp3) is 0.467. The molecule has 1 aromatic rings. The number of fused-ring (bicyclic) bond motifs is 2. The van der Waals surface area contributed by atoms with Crippen molar-refractivity contribution in [3.05, 3.63) is 34.8 Å². The zero-order valence-electron chi connectivity index (χ0n) is 11.2. The quantitative estimate of drug-likeness (QED) is 0.788. The van der Waals surface area contributed by atoms with Crippen molar-refractivity contribution in [1.29, 1.82) is 0 Å². The standard InChI is InChI=1S/C15H16O4/c1-14(2)4-8-10(5-14)15(3,18)12-9(13(8)17)7-19-11(12)6-16/h4,6-7,10,18H,5H2,1-3H3. The molecular formula is C15H16O4. The third-order valence-electron chi connectivity index (χ3n) is 4.27. The van der Waals surface area contributed by atoms with Crippen LogP contribution in [0.4, 0.5) is 0 Å². The number of rotatable bonds is 1. The van der Waals surface area contributed by atoms with Crippen LogP contribution < -0.4 is 0 Å². The minimum atomic E-state index is -1.24. The lowest BCUT2D eigenvalue weighted by Crippen LogP contribution is -2.40. The number of hydrogen-bond acceptors (Lipinski definition) is 4. The monoisotopic (exact) mass is 260 g/mol. The third kappa shape index (κ3) is 1.49. The van der Waals surface area contributed by atoms with Gasteiger partial charge < -0.3 is 9.52 Å². The van der Waals surface area contributed by atoms with E-state index in [-0.39, 0.29) is 22.9 Å². The zero-order valence-corrected chi connectivity index (χ0v) is 11.2. The second-order valence-corrected chi connectivity index (χ2v) is 6.33. The number of furan rings is 1. The maximum Gasteiger partial charge on any atom is 0.192 e. The van der Waals surface area contributed by atoms with Crippen molar-refractivity contribution in [2.45, 2.75) is 32.8 Å². The Morgan fingerprint density at radius 3 is 2.74 bits per heavy atom. The number of Topliss-reactive ketones (excluding diaryl/α,β-unsaturated/α-hetero) is 1. The van der Waals surface area contributed by atoms with E-state index in [1.54, 1.807) is 6.92 Å². The average Bonchev–Trinajstić information content (AvgIpc) is 2.88. The summed E-state index contributed by atoms with van der Waals surface area (Å²) in [7, 11) is 0. The van der Waals surface area contributed by atoms with Gasteiger partial charge in [0.2, 0.25) is 0 Å². The predicted octanol–water partition coefficient (Wildman–Crippen LogP) is 2.47. The summed E-state index contributed by atoms with van der Waals surface area (Å²) in [5.41, 5.74) is -0.0753. The highest BCUT2D eigenvalue weighted by Gasteiger charge is 2.52. The van der Waals surface area contributed by atoms with E-state index in [0.29, 0.717) is 29.4 Å². The van der Waals surface area contributed by atoms with Crippen molar-refractivity contribution in [3.8, 4) is 0 Å². The molecule has 1 aromatic heterocycles. The second kappa shape index (κ2) is 3.45. The molecule has 0 aliphatic heterocycles. The van der Waals surface area contributed by atoms with Gasteiger partial charge in [0, 0.05) is 17.1 Å². The molecule has 0 spiro atoms. The van der Waals surface area contributed by atoms with Crippen LogP contribution in [0.5, 0.6) is 0 Å². The summed E-state index contributed by atoms with van der Waals surface area (Å²) in [5.74, 6) is -0.357. The fourth-order valence-electron chi connectivity index (χ4n) is 3.42. The van der Waals surface area contributed by atoms with E-state index in [2.05, 4.69) is 0 Å². The van der Waals surface area contributed by atoms with Gasteiger partial charge in [-0.15, -0.1) is 0 Å². The molecule has 0 saturated heterocycles. The minimum absolute atomic E-state index is 0.0529. The molecule has 0 fully saturated rings. The van der Waals surface area contributed by atoms with Crippen LogP contribution in [0.3, 0.4) is 0 Å². The first kappa shape index (κ1) is 12.4. The van der Waals surface area contributed by atoms with Gasteiger partial charge >= 0.3 is 0 Å². The highest BCUT2D eigenvalue weighted by molar-refractivity contribution is 6.12. The SMILES string of the molecule is CC1(C)C=C2C(=O)c3coc(C=O)c3C(C)(O)C2C1. The van der Waals surface area contributed by atoms with Gasteiger partial charge in [-0.1, -0.05) is 19.9 Å². The Bertz CT molecular complexity index is 616. The molecule has 100 valence electrons. The highest BCUT2D eigenvalue weighted by atomic mass is 16.3. The molecule has 0 bridgehead atoms. The molecule has 0 saturated carbocycles. The fourth-order valence-corrected chi connectivity index (χ4v) is 3.42. The molecule has 4 heteroatoms. The molecule has 19 heavy (non-hydrogen) atoms. The lowest BCUT2D eigenvalue weighted by Gasteiger charge is -2.36. The van der Waals surface area contributed by atoms with Crippen LogP contribution in [0.15, 0.2) is 22.3 Å². The van der Waals surface area contributed by atoms with Crippen molar-refractivity contribution < 1.29 is 19.1 Å². The van der Waals surface area contributed by atoms with E-state index in [9.17, 15) is 14.7 Å². The van der Waals surface area contributed by atoms with Gasteiger partial charge in [0.25, 0.3) is 0 Å². The first-order valence-corrected chi connectivity index (χ1v) is 6.35. The summed E-state index contributed by atoms with van der Waals surface area (Å²) >= 11 is 0. The first-order chi connectivity index (χ1) is 8.78. The van der Waals surface area contributed by atoms with E-state index in [1.165, 1.54) is 6.26 Å². The molecule has 2 unspecified atom stereocenters. The van der Waals surface area contributed by atoms with E-state index in [1.807, 2.05) is 19.9 Å². The molecule has 4 nitrogen and oxygen atoms in total. The summed E-state index contributed by atoms with van der Waals surface area (Å²) in [4.78, 5) is 23.5. The highest BCUT2D eigenvalue weighted by Crippen LogP contribution is 2.53. The maximum absolute atomic E-state index is 12.4. The van der Waals surface area contributed by atoms with Crippen LogP contribution in [-0.4, -0.2) is 17.2 Å². The van der Waals surface area contributed by atoms with Crippen LogP contribution in [0.2, 0.25) is 0 Å². The number of carbonyl (C=O) groups is 2. The maximum atomic E-state index is 12.4. The van der Waals surface area contributed by atoms with Crippen LogP contribution in [0, 0.1) is 11.3 Å². The van der Waals surface area contributed by atoms with Gasteiger partial charge in [0.05, 0.1) is 11.2 Å². The van der Waals surface area contributed by atoms with Crippen LogP contribution in [0.25, 0.3) is 0 Å². The molecule has 0 amide bonds. The number of aliphatic hydroxyl groups is 1. The summed E-state index contributed by atoms with van der Waals surface area (Å²) in [6.07, 6.45) is 4.45. The van der Waals surface area contributed by atoms with Gasteiger partial charge in [0.1, 0.15) is 6.26 Å². The molecular weight excluding hydrogens is 244 g/mol. The Morgan fingerprint density at radius 2 is 2.11 bits per heavy atom. The summed E-state index contributed by atoms with van der Waals surface area (Å²) < 4.78 is 5.11. The molecule has 2 aliphatic carbocycles. The van der Waals surface area contributed by atoms with Gasteiger partial charge in [0.15, 0.2) is 17.8 Å². The summed E-state index contributed by atoms with van der Waals surface area (Å²) in [6.45, 7) is 5.73. The predicted molar refractivity (Wildman–Crippen MR) is 68.0 cm³/mol. The lowest BCUT2D eigenvalue weighted by molar-refractivity contribution is -0.00291. The molecule has 1 heterocycles. The van der Waals surface area contributed by atoms with Crippen molar-refractivity contribution in [1.82, 2.24) is 0 Å². The Labute approximate surface area is 111 Å². The zero-order chi connectivity index (χ0) is 14.0. The molecule has 3 rings (SSSR count). The number of aldehydes is 1. The van der Waals surface area contributed by atoms with Crippen LogP contribution in [0.1, 0.15) is 53.7 Å². The Hall–Kier alpha value is -1.68. The second-order valence-electron chi connectivity index (χ2n) is 6.33. The average molecular weight is 260 g/mol. The molecule has 1 N–H and O–H groups in total. The number of carbonyl (C=O) groups excluding carboxylic acids is 2. The third-order valence-corrected chi connectivity index (χ3v) is 4.27. The normalized spacial score (nSPS) is 31.7. The van der Waals surface area contributed by atoms with Gasteiger partial charge in [-0.05, 0) is 18.8 Å². The number of hydrogen-bond donors (Lipinski definition) is 1. The van der Waals surface area contributed by atoms with E-state index in [4.69, 9.17) is 4.42 Å². The lowest BCUT2D eigenvalue weighted by atomic mass is 9.70. The van der Waals surface area contributed by atoms with Gasteiger partial charge in [-0.25, -0.2) is 0 Å². The van der Waals surface area contributed by atoms with Gasteiger partial charge in [-0.3, -0.25) is 9.59 Å². The molecule has 2 aliphatic rings. The van der Waals surface area contributed by atoms with Crippen molar-refractivity contribution in [2.75, 3.05) is 0 Å². The Morgan fingerprint density at radius 1 is 1.42 bits per heavy atom. The van der Waals surface area contributed by atoms with Crippen molar-refractivity contribution >= 4 is 12.1 Å². The van der Waals surface area contributed by atoms with Gasteiger partial charge in [-0.2, -0.15) is 0 Å². The van der Waals surface area contributed by atoms with Crippen molar-refractivity contribution in [2.24, 2.45) is 11.3 Å². The minimum Gasteiger partial charge on any atom is -0.460 e. The van der Waals surface area contributed by atoms with E-state index >= 15 is 0 Å². The Balaban J connectivity index is 2.26. The smallest absolute Gasteiger partial charge is 0.192 e. The molecule has 2 atom stereocenters. The van der Waals surface area contributed by atoms with Crippen molar-refractivity contribution in [3.63, 3.8) is 0 Å². The largest absolute Gasteiger partial charge is 0.460 e. The molecule has 0 aromatic carbocycles. The molecule has 0 radical (unpaired) electrons. The van der Waals surface area contributed by atoms with E-state index in [0.717, 1.165) is 0 Å².